The Morgan fingerprint density at radius 1 is 1.14 bits per heavy atom. The van der Waals surface area contributed by atoms with Crippen molar-refractivity contribution in [2.45, 2.75) is 31.2 Å². The third kappa shape index (κ3) is 1.63. The van der Waals surface area contributed by atoms with E-state index in [1.165, 1.54) is 6.42 Å². The third-order valence-electron chi connectivity index (χ3n) is 4.79. The van der Waals surface area contributed by atoms with Crippen molar-refractivity contribution in [3.63, 3.8) is 0 Å². The van der Waals surface area contributed by atoms with Gasteiger partial charge >= 0.3 is 0 Å². The normalized spacial score (nSPS) is 22.0. The summed E-state index contributed by atoms with van der Waals surface area (Å²) in [5.74, 6) is 1.51. The van der Waals surface area contributed by atoms with Crippen LogP contribution in [0.5, 0.6) is 0 Å². The van der Waals surface area contributed by atoms with Crippen LogP contribution in [0.25, 0.3) is 16.8 Å². The predicted octanol–water partition coefficient (Wildman–Crippen LogP) is 2.92. The molecule has 6 nitrogen and oxygen atoms in total. The van der Waals surface area contributed by atoms with Crippen LogP contribution in [0, 0.1) is 0 Å². The number of rotatable bonds is 2. The zero-order chi connectivity index (χ0) is 14.5. The molecule has 1 saturated carbocycles. The summed E-state index contributed by atoms with van der Waals surface area (Å²) in [6.07, 6.45) is 11.5. The minimum absolute atomic E-state index is 0.447. The van der Waals surface area contributed by atoms with Crippen LogP contribution >= 0.6 is 0 Å². The van der Waals surface area contributed by atoms with Crippen LogP contribution < -0.4 is 0 Å². The molecular formula is C16H16N6. The monoisotopic (exact) mass is 292 g/mol. The first kappa shape index (κ1) is 12.0. The molecular weight excluding hydrogens is 276 g/mol. The van der Waals surface area contributed by atoms with E-state index in [9.17, 15) is 0 Å². The average molecular weight is 292 g/mol. The number of fused-ring (bicyclic) bond motifs is 3. The molecule has 6 heteroatoms. The summed E-state index contributed by atoms with van der Waals surface area (Å²) in [5.41, 5.74) is 2.77. The van der Waals surface area contributed by atoms with Gasteiger partial charge in [-0.05, 0) is 37.5 Å². The minimum Gasteiger partial charge on any atom is -0.351 e. The molecule has 4 heterocycles. The molecule has 22 heavy (non-hydrogen) atoms. The van der Waals surface area contributed by atoms with Crippen molar-refractivity contribution in [1.29, 1.82) is 0 Å². The van der Waals surface area contributed by atoms with Crippen molar-refractivity contribution in [3.8, 4) is 0 Å². The molecule has 0 aliphatic heterocycles. The molecule has 0 spiro atoms. The van der Waals surface area contributed by atoms with E-state index in [-0.39, 0.29) is 0 Å². The highest BCUT2D eigenvalue weighted by atomic mass is 15.3. The van der Waals surface area contributed by atoms with E-state index in [0.29, 0.717) is 12.0 Å². The minimum atomic E-state index is 0.447. The van der Waals surface area contributed by atoms with Crippen molar-refractivity contribution in [1.82, 2.24) is 29.1 Å². The fraction of sp³-hybridized carbons (Fsp3) is 0.312. The lowest BCUT2D eigenvalue weighted by Gasteiger charge is -2.12. The van der Waals surface area contributed by atoms with E-state index in [1.54, 1.807) is 6.20 Å². The zero-order valence-corrected chi connectivity index (χ0v) is 12.1. The third-order valence-corrected chi connectivity index (χ3v) is 4.79. The van der Waals surface area contributed by atoms with Gasteiger partial charge in [-0.25, -0.2) is 4.98 Å². The summed E-state index contributed by atoms with van der Waals surface area (Å²) in [5, 5.41) is 8.78. The Morgan fingerprint density at radius 3 is 2.95 bits per heavy atom. The van der Waals surface area contributed by atoms with Gasteiger partial charge in [0.05, 0.1) is 11.7 Å². The van der Waals surface area contributed by atoms with Gasteiger partial charge < -0.3 is 9.55 Å². The topological polar surface area (TPSA) is 63.8 Å². The Kier molecular flexibility index (Phi) is 2.41. The Bertz CT molecular complexity index is 932. The van der Waals surface area contributed by atoms with Crippen molar-refractivity contribution >= 4 is 16.8 Å². The first-order valence-corrected chi connectivity index (χ1v) is 7.70. The van der Waals surface area contributed by atoms with Gasteiger partial charge in [0.2, 0.25) is 0 Å². The lowest BCUT2D eigenvalue weighted by atomic mass is 10.1. The second-order valence-electron chi connectivity index (χ2n) is 6.02. The number of aromatic amines is 1. The number of hydrogen-bond acceptors (Lipinski definition) is 3. The van der Waals surface area contributed by atoms with Gasteiger partial charge in [0.25, 0.3) is 0 Å². The van der Waals surface area contributed by atoms with Crippen LogP contribution in [0.3, 0.4) is 0 Å². The molecule has 0 aromatic carbocycles. The predicted molar refractivity (Wildman–Crippen MR) is 82.7 cm³/mol. The van der Waals surface area contributed by atoms with E-state index in [2.05, 4.69) is 53.7 Å². The molecule has 4 aromatic rings. The van der Waals surface area contributed by atoms with Crippen LogP contribution in [-0.2, 0) is 0 Å². The summed E-state index contributed by atoms with van der Waals surface area (Å²) in [4.78, 5) is 7.54. The van der Waals surface area contributed by atoms with E-state index in [0.717, 1.165) is 35.5 Å². The summed E-state index contributed by atoms with van der Waals surface area (Å²) >= 11 is 0. The first-order chi connectivity index (χ1) is 10.9. The maximum Gasteiger partial charge on any atom is 0.179 e. The SMILES string of the molecule is c1ccn(C2CCC(c3nnc4cnc5[nH]ccc5n34)C2)c1. The molecule has 1 aliphatic rings. The largest absolute Gasteiger partial charge is 0.351 e. The second kappa shape index (κ2) is 4.43. The molecule has 1 fully saturated rings. The second-order valence-corrected chi connectivity index (χ2v) is 6.02. The van der Waals surface area contributed by atoms with Gasteiger partial charge in [0, 0.05) is 30.6 Å². The molecule has 1 N–H and O–H groups in total. The Hall–Kier alpha value is -2.63. The maximum absolute atomic E-state index is 4.47. The van der Waals surface area contributed by atoms with Crippen LogP contribution in [0.1, 0.15) is 37.0 Å². The molecule has 0 amide bonds. The maximum atomic E-state index is 4.47. The molecule has 1 aliphatic carbocycles. The summed E-state index contributed by atoms with van der Waals surface area (Å²) in [6, 6.07) is 6.79. The Balaban J connectivity index is 1.58. The van der Waals surface area contributed by atoms with E-state index < -0.39 is 0 Å². The molecule has 0 radical (unpaired) electrons. The average Bonchev–Trinajstić information content (AvgIpc) is 3.28. The van der Waals surface area contributed by atoms with E-state index in [4.69, 9.17) is 0 Å². The molecule has 2 unspecified atom stereocenters. The molecule has 2 atom stereocenters. The fourth-order valence-electron chi connectivity index (χ4n) is 3.72. The highest BCUT2D eigenvalue weighted by Gasteiger charge is 2.30. The quantitative estimate of drug-likeness (QED) is 0.618. The number of hydrogen-bond donors (Lipinski definition) is 1. The zero-order valence-electron chi connectivity index (χ0n) is 12.1. The van der Waals surface area contributed by atoms with Crippen LogP contribution in [0.2, 0.25) is 0 Å². The highest BCUT2D eigenvalue weighted by molar-refractivity contribution is 5.74. The molecule has 110 valence electrons. The lowest BCUT2D eigenvalue weighted by molar-refractivity contribution is 0.508. The summed E-state index contributed by atoms with van der Waals surface area (Å²) < 4.78 is 4.47. The number of H-pyrrole nitrogens is 1. The molecule has 5 rings (SSSR count). The standard InChI is InChI=1S/C16H16N6/c1-2-8-21(7-1)12-4-3-11(9-12)16-20-19-14-10-18-15-13(22(14)16)5-6-17-15/h1-2,5-8,10-12,17H,3-4,9H2. The molecule has 0 saturated heterocycles. The fourth-order valence-corrected chi connectivity index (χ4v) is 3.72. The van der Waals surface area contributed by atoms with Crippen molar-refractivity contribution in [2.24, 2.45) is 0 Å². The van der Waals surface area contributed by atoms with Crippen LogP contribution in [-0.4, -0.2) is 29.1 Å². The van der Waals surface area contributed by atoms with Gasteiger partial charge in [-0.2, -0.15) is 0 Å². The molecule has 4 aromatic heterocycles. The number of nitrogens with zero attached hydrogens (tertiary/aromatic N) is 5. The van der Waals surface area contributed by atoms with Gasteiger partial charge in [0.15, 0.2) is 11.3 Å². The highest BCUT2D eigenvalue weighted by Crippen LogP contribution is 2.40. The van der Waals surface area contributed by atoms with Crippen molar-refractivity contribution < 1.29 is 0 Å². The summed E-state index contributed by atoms with van der Waals surface area (Å²) in [7, 11) is 0. The van der Waals surface area contributed by atoms with Gasteiger partial charge in [-0.1, -0.05) is 0 Å². The van der Waals surface area contributed by atoms with Gasteiger partial charge in [-0.3, -0.25) is 4.40 Å². The van der Waals surface area contributed by atoms with Crippen molar-refractivity contribution in [2.75, 3.05) is 0 Å². The number of aromatic nitrogens is 6. The van der Waals surface area contributed by atoms with E-state index in [1.807, 2.05) is 12.3 Å². The van der Waals surface area contributed by atoms with Gasteiger partial charge in [-0.15, -0.1) is 10.2 Å². The van der Waals surface area contributed by atoms with E-state index >= 15 is 0 Å². The van der Waals surface area contributed by atoms with Crippen molar-refractivity contribution in [3.05, 3.63) is 48.8 Å². The van der Waals surface area contributed by atoms with Crippen LogP contribution in [0.4, 0.5) is 0 Å². The van der Waals surface area contributed by atoms with Crippen LogP contribution in [0.15, 0.2) is 43.0 Å². The number of nitrogens with one attached hydrogen (secondary N) is 1. The Labute approximate surface area is 126 Å². The first-order valence-electron chi connectivity index (χ1n) is 7.70. The smallest absolute Gasteiger partial charge is 0.179 e. The van der Waals surface area contributed by atoms with Gasteiger partial charge in [0.1, 0.15) is 5.82 Å². The summed E-state index contributed by atoms with van der Waals surface area (Å²) in [6.45, 7) is 0. The Morgan fingerprint density at radius 2 is 2.05 bits per heavy atom. The lowest BCUT2D eigenvalue weighted by Crippen LogP contribution is -2.05. The molecule has 0 bridgehead atoms.